The van der Waals surface area contributed by atoms with E-state index >= 15 is 0 Å². The number of sulfonamides is 1. The van der Waals surface area contributed by atoms with Crippen LogP contribution in [0.5, 0.6) is 0 Å². The van der Waals surface area contributed by atoms with Crippen LogP contribution in [-0.4, -0.2) is 61.3 Å². The van der Waals surface area contributed by atoms with Crippen LogP contribution in [0.4, 0.5) is 17.6 Å². The van der Waals surface area contributed by atoms with Crippen LogP contribution in [-0.2, 0) is 14.8 Å². The first-order chi connectivity index (χ1) is 16.4. The summed E-state index contributed by atoms with van der Waals surface area (Å²) in [5.41, 5.74) is 0.904. The molecule has 1 saturated carbocycles. The Kier molecular flexibility index (Phi) is 6.98. The van der Waals surface area contributed by atoms with Crippen molar-refractivity contribution in [2.45, 2.75) is 68.1 Å². The third kappa shape index (κ3) is 5.09. The highest BCUT2D eigenvalue weighted by Gasteiger charge is 2.47. The number of hydrogen-bond donors (Lipinski definition) is 0. The lowest BCUT2D eigenvalue weighted by Crippen LogP contribution is -2.50. The predicted molar refractivity (Wildman–Crippen MR) is 124 cm³/mol. The molecule has 2 aromatic rings. The molecule has 0 bridgehead atoms. The fourth-order valence-corrected chi connectivity index (χ4v) is 6.77. The van der Waals surface area contributed by atoms with E-state index in [9.17, 15) is 30.8 Å². The third-order valence-electron chi connectivity index (χ3n) is 6.96. The lowest BCUT2D eigenvalue weighted by molar-refractivity contribution is -0.138. The first-order valence-electron chi connectivity index (χ1n) is 11.6. The molecule has 10 heteroatoms. The number of carbonyl (C=O) groups excluding carboxylic acids is 1. The smallest absolute Gasteiger partial charge is 0.248 e. The van der Waals surface area contributed by atoms with E-state index in [1.165, 1.54) is 36.2 Å². The van der Waals surface area contributed by atoms with Gasteiger partial charge in [0, 0.05) is 50.0 Å². The number of aryl methyl sites for hydroxylation is 1. The summed E-state index contributed by atoms with van der Waals surface area (Å²) in [5.74, 6) is -4.01. The molecule has 4 rings (SSSR count). The van der Waals surface area contributed by atoms with Gasteiger partial charge in [-0.15, -0.1) is 0 Å². The van der Waals surface area contributed by atoms with Crippen molar-refractivity contribution in [3.63, 3.8) is 0 Å². The maximum absolute atomic E-state index is 14.6. The van der Waals surface area contributed by atoms with Crippen molar-refractivity contribution in [3.8, 4) is 11.1 Å². The molecule has 2 atom stereocenters. The first-order valence-corrected chi connectivity index (χ1v) is 13.0. The molecule has 5 nitrogen and oxygen atoms in total. The molecule has 190 valence electrons. The van der Waals surface area contributed by atoms with Crippen LogP contribution in [0, 0.1) is 12.7 Å². The molecular formula is C25H28F4N2O3S. The summed E-state index contributed by atoms with van der Waals surface area (Å²) in [6.45, 7) is 1.23. The Morgan fingerprint density at radius 1 is 1.09 bits per heavy atom. The van der Waals surface area contributed by atoms with Gasteiger partial charge in [-0.1, -0.05) is 29.8 Å². The van der Waals surface area contributed by atoms with Crippen LogP contribution < -0.4 is 0 Å². The monoisotopic (exact) mass is 512 g/mol. The van der Waals surface area contributed by atoms with Gasteiger partial charge in [-0.2, -0.15) is 4.31 Å². The van der Waals surface area contributed by atoms with E-state index in [1.807, 2.05) is 0 Å². The van der Waals surface area contributed by atoms with Gasteiger partial charge < -0.3 is 4.90 Å². The van der Waals surface area contributed by atoms with Gasteiger partial charge in [0.25, 0.3) is 0 Å². The number of carbonyl (C=O) groups is 1. The number of nitrogens with zero attached hydrogens (tertiary/aromatic N) is 2. The van der Waals surface area contributed by atoms with E-state index in [-0.39, 0.29) is 48.1 Å². The van der Waals surface area contributed by atoms with Gasteiger partial charge in [-0.3, -0.25) is 4.79 Å². The van der Waals surface area contributed by atoms with Crippen LogP contribution >= 0.6 is 0 Å². The molecule has 0 radical (unpaired) electrons. The summed E-state index contributed by atoms with van der Waals surface area (Å²) in [7, 11) is -2.95. The highest BCUT2D eigenvalue weighted by atomic mass is 32.2. The van der Waals surface area contributed by atoms with Crippen LogP contribution in [0.1, 0.15) is 37.7 Å². The Morgan fingerprint density at radius 2 is 1.74 bits per heavy atom. The van der Waals surface area contributed by atoms with Crippen LogP contribution in [0.2, 0.25) is 0 Å². The second-order valence-corrected chi connectivity index (χ2v) is 11.3. The Labute approximate surface area is 202 Å². The molecule has 1 aliphatic carbocycles. The minimum atomic E-state index is -4.40. The first kappa shape index (κ1) is 25.6. The summed E-state index contributed by atoms with van der Waals surface area (Å²) < 4.78 is 84.7. The van der Waals surface area contributed by atoms with E-state index in [0.29, 0.717) is 5.56 Å². The lowest BCUT2D eigenvalue weighted by atomic mass is 9.91. The minimum Gasteiger partial charge on any atom is -0.341 e. The average molecular weight is 513 g/mol. The van der Waals surface area contributed by atoms with Crippen molar-refractivity contribution in [2.24, 2.45) is 0 Å². The minimum absolute atomic E-state index is 0.0777. The quantitative estimate of drug-likeness (QED) is 0.534. The van der Waals surface area contributed by atoms with Crippen molar-refractivity contribution >= 4 is 15.9 Å². The summed E-state index contributed by atoms with van der Waals surface area (Å²) in [4.78, 5) is 14.4. The van der Waals surface area contributed by atoms with Gasteiger partial charge in [0.1, 0.15) is 18.0 Å². The van der Waals surface area contributed by atoms with Gasteiger partial charge >= 0.3 is 0 Å². The highest BCUT2D eigenvalue weighted by Crippen LogP contribution is 2.38. The number of halogens is 4. The molecule has 35 heavy (non-hydrogen) atoms. The zero-order valence-electron chi connectivity index (χ0n) is 19.6. The highest BCUT2D eigenvalue weighted by molar-refractivity contribution is 7.89. The molecule has 1 aliphatic heterocycles. The molecule has 2 aliphatic rings. The zero-order valence-corrected chi connectivity index (χ0v) is 20.4. The molecular weight excluding hydrogens is 484 g/mol. The number of hydrogen-bond acceptors (Lipinski definition) is 3. The van der Waals surface area contributed by atoms with Gasteiger partial charge in [0.15, 0.2) is 0 Å². The molecule has 2 fully saturated rings. The second kappa shape index (κ2) is 9.54. The summed E-state index contributed by atoms with van der Waals surface area (Å²) >= 11 is 0. The van der Waals surface area contributed by atoms with Crippen molar-refractivity contribution in [2.75, 3.05) is 13.6 Å². The normalized spacial score (nSPS) is 23.4. The maximum Gasteiger partial charge on any atom is 0.248 e. The van der Waals surface area contributed by atoms with Gasteiger partial charge in [0.2, 0.25) is 21.9 Å². The fourth-order valence-electron chi connectivity index (χ4n) is 4.96. The van der Waals surface area contributed by atoms with Crippen molar-refractivity contribution in [1.29, 1.82) is 0 Å². The number of amides is 1. The van der Waals surface area contributed by atoms with E-state index in [0.717, 1.165) is 4.31 Å². The van der Waals surface area contributed by atoms with E-state index in [1.54, 1.807) is 25.1 Å². The number of likely N-dealkylation sites (N-methyl/N-ethyl adjacent to an activating group) is 1. The van der Waals surface area contributed by atoms with Crippen LogP contribution in [0.25, 0.3) is 11.1 Å². The molecule has 2 aromatic carbocycles. The standard InChI is InChI=1S/C25H28F4N2O3S/c1-16-7-8-23(20(13-16)19-5-3-4-6-21(19)27)35(33,34)31-15-17(26)14-22(31)24(32)30(2)18-9-11-25(28,29)12-10-18/h3-8,13,17-18,22H,9-12,14-15H2,1-2H3. The van der Waals surface area contributed by atoms with Gasteiger partial charge in [-0.25, -0.2) is 26.0 Å². The topological polar surface area (TPSA) is 57.7 Å². The van der Waals surface area contributed by atoms with Crippen molar-refractivity contribution in [3.05, 3.63) is 53.8 Å². The van der Waals surface area contributed by atoms with Crippen molar-refractivity contribution < 1.29 is 30.8 Å². The molecule has 0 N–H and O–H groups in total. The predicted octanol–water partition coefficient (Wildman–Crippen LogP) is 4.94. The van der Waals surface area contributed by atoms with Crippen LogP contribution in [0.15, 0.2) is 47.4 Å². The zero-order chi connectivity index (χ0) is 25.5. The third-order valence-corrected chi connectivity index (χ3v) is 8.89. The Hall–Kier alpha value is -2.46. The van der Waals surface area contributed by atoms with Gasteiger partial charge in [0.05, 0.1) is 4.90 Å². The average Bonchev–Trinajstić information content (AvgIpc) is 3.21. The summed E-state index contributed by atoms with van der Waals surface area (Å²) in [5, 5.41) is 0. The van der Waals surface area contributed by atoms with Crippen LogP contribution in [0.3, 0.4) is 0 Å². The molecule has 1 heterocycles. The van der Waals surface area contributed by atoms with E-state index in [2.05, 4.69) is 0 Å². The molecule has 0 aromatic heterocycles. The lowest BCUT2D eigenvalue weighted by Gasteiger charge is -2.36. The number of alkyl halides is 3. The second-order valence-electron chi connectivity index (χ2n) is 9.44. The Bertz CT molecular complexity index is 1210. The Balaban J connectivity index is 1.67. The fraction of sp³-hybridized carbons (Fsp3) is 0.480. The summed E-state index contributed by atoms with van der Waals surface area (Å²) in [6, 6.07) is 8.41. The summed E-state index contributed by atoms with van der Waals surface area (Å²) in [6.07, 6.45) is -2.44. The number of benzene rings is 2. The van der Waals surface area contributed by atoms with Gasteiger partial charge in [-0.05, 0) is 38.0 Å². The number of rotatable bonds is 5. The van der Waals surface area contributed by atoms with E-state index in [4.69, 9.17) is 0 Å². The largest absolute Gasteiger partial charge is 0.341 e. The molecule has 1 amide bonds. The maximum atomic E-state index is 14.6. The molecule has 2 unspecified atom stereocenters. The SMILES string of the molecule is Cc1ccc(S(=O)(=O)N2CC(F)CC2C(=O)N(C)C2CCC(F)(F)CC2)c(-c2ccccc2F)c1. The molecule has 1 saturated heterocycles. The van der Waals surface area contributed by atoms with E-state index < -0.39 is 52.5 Å². The Morgan fingerprint density at radius 3 is 2.40 bits per heavy atom. The molecule has 0 spiro atoms. The van der Waals surface area contributed by atoms with Crippen molar-refractivity contribution in [1.82, 2.24) is 9.21 Å².